The molecule has 0 spiro atoms. The minimum atomic E-state index is -0.393. The fraction of sp³-hybridized carbons (Fsp3) is 0.529. The topological polar surface area (TPSA) is 79.5 Å². The molecule has 1 aliphatic heterocycles. The summed E-state index contributed by atoms with van der Waals surface area (Å²) in [6.07, 6.45) is 1.72. The summed E-state index contributed by atoms with van der Waals surface area (Å²) < 4.78 is 4.74. The van der Waals surface area contributed by atoms with Crippen LogP contribution < -0.4 is 20.7 Å². The number of nitrogens with one attached hydrogen (secondary N) is 3. The second-order valence-electron chi connectivity index (χ2n) is 6.40. The Morgan fingerprint density at radius 1 is 1.38 bits per heavy atom. The first-order valence-corrected chi connectivity index (χ1v) is 9.04. The van der Waals surface area contributed by atoms with Crippen LogP contribution in [0, 0.1) is 5.92 Å². The Morgan fingerprint density at radius 3 is 2.71 bits per heavy atom. The van der Waals surface area contributed by atoms with E-state index in [-0.39, 0.29) is 17.3 Å². The fourth-order valence-corrected chi connectivity index (χ4v) is 4.17. The summed E-state index contributed by atoms with van der Waals surface area (Å²) in [5.41, 5.74) is 1.04. The molecular formula is C17H23N3O3S. The molecule has 2 unspecified atom stereocenters. The molecule has 1 aromatic rings. The Morgan fingerprint density at radius 2 is 2.08 bits per heavy atom. The third kappa shape index (κ3) is 3.77. The maximum Gasteiger partial charge on any atom is 0.315 e. The molecule has 1 aliphatic carbocycles. The zero-order valence-electron chi connectivity index (χ0n) is 13.9. The van der Waals surface area contributed by atoms with Gasteiger partial charge in [0.1, 0.15) is 5.75 Å². The van der Waals surface area contributed by atoms with E-state index in [1.165, 1.54) is 0 Å². The van der Waals surface area contributed by atoms with E-state index in [1.54, 1.807) is 18.9 Å². The van der Waals surface area contributed by atoms with Gasteiger partial charge in [0.15, 0.2) is 0 Å². The van der Waals surface area contributed by atoms with E-state index in [0.29, 0.717) is 19.0 Å². The maximum absolute atomic E-state index is 12.6. The molecule has 0 bridgehead atoms. The average Bonchev–Trinajstić information content (AvgIpc) is 3.37. The van der Waals surface area contributed by atoms with Gasteiger partial charge < -0.3 is 20.7 Å². The number of ether oxygens (including phenoxy) is 1. The van der Waals surface area contributed by atoms with Crippen LogP contribution in [0.15, 0.2) is 24.3 Å². The zero-order valence-corrected chi connectivity index (χ0v) is 14.7. The van der Waals surface area contributed by atoms with Crippen molar-refractivity contribution in [1.82, 2.24) is 16.0 Å². The highest BCUT2D eigenvalue weighted by Gasteiger charge is 2.53. The van der Waals surface area contributed by atoms with Crippen LogP contribution in [0.3, 0.4) is 0 Å². The lowest BCUT2D eigenvalue weighted by Crippen LogP contribution is -2.54. The van der Waals surface area contributed by atoms with Crippen LogP contribution in [0.2, 0.25) is 0 Å². The first-order valence-electron chi connectivity index (χ1n) is 8.16. The van der Waals surface area contributed by atoms with Gasteiger partial charge in [-0.05, 0) is 30.5 Å². The predicted molar refractivity (Wildman–Crippen MR) is 93.9 cm³/mol. The van der Waals surface area contributed by atoms with Gasteiger partial charge in [-0.15, -0.1) is 11.8 Å². The van der Waals surface area contributed by atoms with Gasteiger partial charge in [-0.1, -0.05) is 19.1 Å². The van der Waals surface area contributed by atoms with Gasteiger partial charge in [-0.3, -0.25) is 4.79 Å². The lowest BCUT2D eigenvalue weighted by Gasteiger charge is -2.32. The van der Waals surface area contributed by atoms with Crippen molar-refractivity contribution in [2.24, 2.45) is 5.92 Å². The molecule has 2 atom stereocenters. The number of hydrogen-bond acceptors (Lipinski definition) is 4. The summed E-state index contributed by atoms with van der Waals surface area (Å²) in [5, 5.41) is 8.71. The number of benzene rings is 1. The van der Waals surface area contributed by atoms with Gasteiger partial charge >= 0.3 is 6.03 Å². The molecule has 3 rings (SSSR count). The average molecular weight is 349 g/mol. The van der Waals surface area contributed by atoms with Gasteiger partial charge in [0.2, 0.25) is 5.91 Å². The summed E-state index contributed by atoms with van der Waals surface area (Å²) in [7, 11) is 1.63. The van der Waals surface area contributed by atoms with E-state index in [1.807, 2.05) is 24.3 Å². The predicted octanol–water partition coefficient (Wildman–Crippen LogP) is 1.85. The molecule has 1 heterocycles. The third-order valence-electron chi connectivity index (χ3n) is 4.46. The van der Waals surface area contributed by atoms with E-state index in [0.717, 1.165) is 24.2 Å². The molecule has 1 saturated carbocycles. The summed E-state index contributed by atoms with van der Waals surface area (Å²) in [5.74, 6) is 1.15. The highest BCUT2D eigenvalue weighted by atomic mass is 32.2. The molecule has 2 aliphatic rings. The largest absolute Gasteiger partial charge is 0.497 e. The molecule has 3 amide bonds. The number of carbonyl (C=O) groups excluding carboxylic acids is 2. The summed E-state index contributed by atoms with van der Waals surface area (Å²) in [6, 6.07) is 7.51. The molecule has 1 aromatic carbocycles. The van der Waals surface area contributed by atoms with Crippen LogP contribution in [-0.4, -0.2) is 35.7 Å². The van der Waals surface area contributed by atoms with E-state index in [4.69, 9.17) is 4.74 Å². The quantitative estimate of drug-likeness (QED) is 0.732. The lowest BCUT2D eigenvalue weighted by molar-refractivity contribution is -0.121. The van der Waals surface area contributed by atoms with Gasteiger partial charge in [-0.2, -0.15) is 0 Å². The van der Waals surface area contributed by atoms with Crippen molar-refractivity contribution < 1.29 is 14.3 Å². The Labute approximate surface area is 146 Å². The molecule has 6 nitrogen and oxygen atoms in total. The maximum atomic E-state index is 12.6. The number of methoxy groups -OCH3 is 1. The SMILES string of the molecule is COc1ccc(CNC(=O)C2(SC3NC(=O)NCC3C)CC2)cc1. The Balaban J connectivity index is 1.54. The summed E-state index contributed by atoms with van der Waals surface area (Å²) in [6.45, 7) is 3.22. The van der Waals surface area contributed by atoms with Crippen LogP contribution in [-0.2, 0) is 11.3 Å². The fourth-order valence-electron chi connectivity index (χ4n) is 2.67. The van der Waals surface area contributed by atoms with Crippen molar-refractivity contribution in [3.05, 3.63) is 29.8 Å². The second kappa shape index (κ2) is 6.93. The van der Waals surface area contributed by atoms with Crippen molar-refractivity contribution >= 4 is 23.7 Å². The molecule has 130 valence electrons. The van der Waals surface area contributed by atoms with Crippen molar-refractivity contribution in [1.29, 1.82) is 0 Å². The Hall–Kier alpha value is -1.89. The van der Waals surface area contributed by atoms with Crippen LogP contribution >= 0.6 is 11.8 Å². The van der Waals surface area contributed by atoms with Crippen molar-refractivity contribution in [2.45, 2.75) is 36.4 Å². The number of rotatable bonds is 6. The number of amides is 3. The number of urea groups is 1. The molecule has 0 radical (unpaired) electrons. The highest BCUT2D eigenvalue weighted by molar-refractivity contribution is 8.02. The first-order chi connectivity index (χ1) is 11.5. The Bertz CT molecular complexity index is 616. The van der Waals surface area contributed by atoms with E-state index >= 15 is 0 Å². The van der Waals surface area contributed by atoms with Crippen molar-refractivity contribution in [3.63, 3.8) is 0 Å². The third-order valence-corrected chi connectivity index (χ3v) is 6.34. The Kier molecular flexibility index (Phi) is 4.89. The molecule has 2 fully saturated rings. The zero-order chi connectivity index (χ0) is 17.2. The summed E-state index contributed by atoms with van der Waals surface area (Å²) >= 11 is 1.59. The van der Waals surface area contributed by atoms with Crippen LogP contribution in [0.25, 0.3) is 0 Å². The van der Waals surface area contributed by atoms with E-state index < -0.39 is 4.75 Å². The first kappa shape index (κ1) is 17.0. The second-order valence-corrected chi connectivity index (χ2v) is 7.92. The van der Waals surface area contributed by atoms with E-state index in [9.17, 15) is 9.59 Å². The lowest BCUT2D eigenvalue weighted by atomic mass is 10.1. The van der Waals surface area contributed by atoms with Gasteiger partial charge in [0, 0.05) is 19.0 Å². The van der Waals surface area contributed by atoms with Gasteiger partial charge in [-0.25, -0.2) is 4.79 Å². The molecule has 3 N–H and O–H groups in total. The molecular weight excluding hydrogens is 326 g/mol. The minimum absolute atomic E-state index is 0.0204. The number of thioether (sulfide) groups is 1. The van der Waals surface area contributed by atoms with Gasteiger partial charge in [0.25, 0.3) is 0 Å². The standard InChI is InChI=1S/C17H23N3O3S/c1-11-9-19-16(22)20-14(11)24-17(7-8-17)15(21)18-10-12-3-5-13(23-2)6-4-12/h3-6,11,14H,7-10H2,1-2H3,(H,18,21)(H2,19,20,22). The smallest absolute Gasteiger partial charge is 0.315 e. The summed E-state index contributed by atoms with van der Waals surface area (Å²) in [4.78, 5) is 24.1. The molecule has 1 saturated heterocycles. The molecule has 7 heteroatoms. The van der Waals surface area contributed by atoms with Crippen LogP contribution in [0.4, 0.5) is 4.79 Å². The minimum Gasteiger partial charge on any atom is -0.497 e. The monoisotopic (exact) mass is 349 g/mol. The van der Waals surface area contributed by atoms with Crippen LogP contribution in [0.5, 0.6) is 5.75 Å². The van der Waals surface area contributed by atoms with Crippen molar-refractivity contribution in [3.8, 4) is 5.75 Å². The van der Waals surface area contributed by atoms with Crippen molar-refractivity contribution in [2.75, 3.05) is 13.7 Å². The number of carbonyl (C=O) groups is 2. The highest BCUT2D eigenvalue weighted by Crippen LogP contribution is 2.51. The van der Waals surface area contributed by atoms with Gasteiger partial charge in [0.05, 0.1) is 17.2 Å². The van der Waals surface area contributed by atoms with E-state index in [2.05, 4.69) is 22.9 Å². The molecule has 0 aromatic heterocycles. The molecule has 24 heavy (non-hydrogen) atoms. The van der Waals surface area contributed by atoms with Crippen LogP contribution in [0.1, 0.15) is 25.3 Å². The normalized spacial score (nSPS) is 24.5. The number of hydrogen-bond donors (Lipinski definition) is 3.